The number of carbonyl (C=O) groups excluding carboxylic acids is 1. The van der Waals surface area contributed by atoms with Crippen LogP contribution in [0, 0.1) is 11.7 Å². The van der Waals surface area contributed by atoms with Gasteiger partial charge in [0.25, 0.3) is 0 Å². The Labute approximate surface area is 175 Å². The third-order valence-electron chi connectivity index (χ3n) is 5.18. The average Bonchev–Trinajstić information content (AvgIpc) is 3.09. The van der Waals surface area contributed by atoms with Crippen molar-refractivity contribution in [1.29, 1.82) is 0 Å². The Balaban J connectivity index is 1.40. The Morgan fingerprint density at radius 2 is 2.00 bits per heavy atom. The average molecular weight is 409 g/mol. The van der Waals surface area contributed by atoms with Crippen molar-refractivity contribution >= 4 is 18.1 Å². The van der Waals surface area contributed by atoms with Crippen molar-refractivity contribution in [2.45, 2.75) is 20.0 Å². The standard InChI is InChI=1S/C21H24N6OS/c1-16-4-2-6-18(12-16)20-23-24-21(29)27(20)15-19(28)26-10-8-25(9-11-26)14-17-5-3-7-22-13-17/h2-7,12-13H,8-11,14-15H2,1H3,(H,24,29). The summed E-state index contributed by atoms with van der Waals surface area (Å²) in [4.78, 5) is 21.4. The lowest BCUT2D eigenvalue weighted by Crippen LogP contribution is -2.49. The van der Waals surface area contributed by atoms with Gasteiger partial charge < -0.3 is 4.90 Å². The summed E-state index contributed by atoms with van der Waals surface area (Å²) in [7, 11) is 0. The smallest absolute Gasteiger partial charge is 0.242 e. The van der Waals surface area contributed by atoms with Crippen LogP contribution in [0.3, 0.4) is 0 Å². The molecule has 29 heavy (non-hydrogen) atoms. The van der Waals surface area contributed by atoms with E-state index in [1.807, 2.05) is 48.4 Å². The summed E-state index contributed by atoms with van der Waals surface area (Å²) in [6, 6.07) is 12.1. The van der Waals surface area contributed by atoms with Gasteiger partial charge in [0.05, 0.1) is 0 Å². The number of aromatic amines is 1. The van der Waals surface area contributed by atoms with Crippen molar-refractivity contribution in [1.82, 2.24) is 29.5 Å². The third kappa shape index (κ3) is 4.60. The van der Waals surface area contributed by atoms with Crippen LogP contribution in [0.5, 0.6) is 0 Å². The van der Waals surface area contributed by atoms with Crippen LogP contribution in [-0.4, -0.2) is 61.6 Å². The first-order valence-electron chi connectivity index (χ1n) is 9.71. The minimum atomic E-state index is 0.0671. The summed E-state index contributed by atoms with van der Waals surface area (Å²) >= 11 is 5.38. The molecular formula is C21H24N6OS. The first-order chi connectivity index (χ1) is 14.1. The molecule has 0 saturated carbocycles. The first kappa shape index (κ1) is 19.5. The van der Waals surface area contributed by atoms with E-state index in [1.54, 1.807) is 10.8 Å². The molecule has 150 valence electrons. The number of piperazine rings is 1. The highest BCUT2D eigenvalue weighted by atomic mass is 32.1. The Morgan fingerprint density at radius 3 is 2.72 bits per heavy atom. The number of carbonyl (C=O) groups is 1. The van der Waals surface area contributed by atoms with Gasteiger partial charge in [0.1, 0.15) is 6.54 Å². The number of H-pyrrole nitrogens is 1. The largest absolute Gasteiger partial charge is 0.339 e. The highest BCUT2D eigenvalue weighted by molar-refractivity contribution is 7.71. The van der Waals surface area contributed by atoms with Gasteiger partial charge in [0.2, 0.25) is 5.91 Å². The van der Waals surface area contributed by atoms with E-state index in [2.05, 4.69) is 26.1 Å². The molecular weight excluding hydrogens is 384 g/mol. The number of hydrogen-bond donors (Lipinski definition) is 1. The predicted octanol–water partition coefficient (Wildman–Crippen LogP) is 2.66. The van der Waals surface area contributed by atoms with Crippen LogP contribution >= 0.6 is 12.2 Å². The molecule has 1 N–H and O–H groups in total. The number of pyridine rings is 1. The summed E-state index contributed by atoms with van der Waals surface area (Å²) in [6.45, 7) is 6.21. The van der Waals surface area contributed by atoms with Gasteiger partial charge in [-0.05, 0) is 36.8 Å². The van der Waals surface area contributed by atoms with E-state index in [9.17, 15) is 4.79 Å². The van der Waals surface area contributed by atoms with Crippen LogP contribution in [0.2, 0.25) is 0 Å². The maximum Gasteiger partial charge on any atom is 0.242 e. The number of benzene rings is 1. The maximum atomic E-state index is 12.9. The third-order valence-corrected chi connectivity index (χ3v) is 5.49. The fourth-order valence-electron chi connectivity index (χ4n) is 3.61. The van der Waals surface area contributed by atoms with Crippen LogP contribution < -0.4 is 0 Å². The summed E-state index contributed by atoms with van der Waals surface area (Å²) in [5.74, 6) is 0.764. The Bertz CT molecular complexity index is 1040. The summed E-state index contributed by atoms with van der Waals surface area (Å²) in [5.41, 5.74) is 3.28. The van der Waals surface area contributed by atoms with Crippen LogP contribution in [0.15, 0.2) is 48.8 Å². The van der Waals surface area contributed by atoms with Crippen molar-refractivity contribution < 1.29 is 4.79 Å². The molecule has 0 spiro atoms. The molecule has 1 fully saturated rings. The van der Waals surface area contributed by atoms with E-state index < -0.39 is 0 Å². The molecule has 2 aromatic heterocycles. The molecule has 1 aliphatic heterocycles. The number of nitrogens with zero attached hydrogens (tertiary/aromatic N) is 5. The lowest BCUT2D eigenvalue weighted by Gasteiger charge is -2.34. The van der Waals surface area contributed by atoms with Gasteiger partial charge in [0, 0.05) is 50.7 Å². The van der Waals surface area contributed by atoms with Crippen LogP contribution in [0.25, 0.3) is 11.4 Å². The molecule has 0 atom stereocenters. The Hall–Kier alpha value is -2.84. The first-order valence-corrected chi connectivity index (χ1v) is 10.1. The van der Waals surface area contributed by atoms with Crippen molar-refractivity contribution in [3.05, 3.63) is 64.7 Å². The summed E-state index contributed by atoms with van der Waals surface area (Å²) in [5, 5.41) is 7.17. The zero-order chi connectivity index (χ0) is 20.2. The topological polar surface area (TPSA) is 70.1 Å². The molecule has 0 bridgehead atoms. The van der Waals surface area contributed by atoms with Gasteiger partial charge in [-0.3, -0.25) is 24.3 Å². The zero-order valence-corrected chi connectivity index (χ0v) is 17.2. The van der Waals surface area contributed by atoms with E-state index in [0.717, 1.165) is 30.8 Å². The molecule has 0 radical (unpaired) electrons. The van der Waals surface area contributed by atoms with Crippen molar-refractivity contribution in [2.75, 3.05) is 26.2 Å². The van der Waals surface area contributed by atoms with E-state index in [0.29, 0.717) is 23.7 Å². The Kier molecular flexibility index (Phi) is 5.82. The number of nitrogens with one attached hydrogen (secondary N) is 1. The SMILES string of the molecule is Cc1cccc(-c2n[nH]c(=S)n2CC(=O)N2CCN(Cc3cccnc3)CC2)c1. The van der Waals surface area contributed by atoms with E-state index in [4.69, 9.17) is 12.2 Å². The second kappa shape index (κ2) is 8.67. The monoisotopic (exact) mass is 408 g/mol. The van der Waals surface area contributed by atoms with E-state index in [-0.39, 0.29) is 12.5 Å². The minimum absolute atomic E-state index is 0.0671. The highest BCUT2D eigenvalue weighted by Crippen LogP contribution is 2.19. The van der Waals surface area contributed by atoms with Gasteiger partial charge in [-0.25, -0.2) is 0 Å². The van der Waals surface area contributed by atoms with Crippen molar-refractivity contribution in [3.63, 3.8) is 0 Å². The molecule has 7 nitrogen and oxygen atoms in total. The molecule has 1 saturated heterocycles. The molecule has 1 aliphatic rings. The molecule has 1 amide bonds. The summed E-state index contributed by atoms with van der Waals surface area (Å²) in [6.07, 6.45) is 3.68. The Morgan fingerprint density at radius 1 is 1.17 bits per heavy atom. The minimum Gasteiger partial charge on any atom is -0.339 e. The van der Waals surface area contributed by atoms with Gasteiger partial charge >= 0.3 is 0 Å². The molecule has 8 heteroatoms. The molecule has 0 aliphatic carbocycles. The van der Waals surface area contributed by atoms with Gasteiger partial charge in [-0.2, -0.15) is 5.10 Å². The highest BCUT2D eigenvalue weighted by Gasteiger charge is 2.22. The maximum absolute atomic E-state index is 12.9. The number of aryl methyl sites for hydroxylation is 1. The lowest BCUT2D eigenvalue weighted by atomic mass is 10.1. The predicted molar refractivity (Wildman–Crippen MR) is 114 cm³/mol. The molecule has 1 aromatic carbocycles. The normalized spacial score (nSPS) is 14.9. The van der Waals surface area contributed by atoms with Crippen LogP contribution in [0.1, 0.15) is 11.1 Å². The quantitative estimate of drug-likeness (QED) is 0.658. The number of rotatable bonds is 5. The van der Waals surface area contributed by atoms with E-state index in [1.165, 1.54) is 5.56 Å². The second-order valence-corrected chi connectivity index (χ2v) is 7.71. The van der Waals surface area contributed by atoms with Gasteiger partial charge in [-0.1, -0.05) is 29.8 Å². The molecule has 3 aromatic rings. The fourth-order valence-corrected chi connectivity index (χ4v) is 3.81. The van der Waals surface area contributed by atoms with Gasteiger partial charge in [-0.15, -0.1) is 0 Å². The van der Waals surface area contributed by atoms with Crippen LogP contribution in [-0.2, 0) is 17.9 Å². The lowest BCUT2D eigenvalue weighted by molar-refractivity contribution is -0.133. The van der Waals surface area contributed by atoms with E-state index >= 15 is 0 Å². The van der Waals surface area contributed by atoms with Crippen molar-refractivity contribution in [2.24, 2.45) is 0 Å². The van der Waals surface area contributed by atoms with Gasteiger partial charge in [0.15, 0.2) is 10.6 Å². The fraction of sp³-hybridized carbons (Fsp3) is 0.333. The number of amides is 1. The number of hydrogen-bond acceptors (Lipinski definition) is 5. The zero-order valence-electron chi connectivity index (χ0n) is 16.4. The van der Waals surface area contributed by atoms with Crippen molar-refractivity contribution in [3.8, 4) is 11.4 Å². The molecule has 4 rings (SSSR count). The second-order valence-electron chi connectivity index (χ2n) is 7.33. The molecule has 3 heterocycles. The number of aromatic nitrogens is 4. The summed E-state index contributed by atoms with van der Waals surface area (Å²) < 4.78 is 2.25. The van der Waals surface area contributed by atoms with Crippen LogP contribution in [0.4, 0.5) is 0 Å². The molecule has 0 unspecified atom stereocenters.